The number of carbonyl (C=O) groups excluding carboxylic acids is 1. The van der Waals surface area contributed by atoms with E-state index < -0.39 is 11.8 Å². The topological polar surface area (TPSA) is 110 Å². The summed E-state index contributed by atoms with van der Waals surface area (Å²) in [6.07, 6.45) is 12.1. The van der Waals surface area contributed by atoms with Crippen molar-refractivity contribution in [2.75, 3.05) is 33.0 Å². The molecule has 2 fully saturated rings. The molecule has 3 aromatic rings. The van der Waals surface area contributed by atoms with Crippen molar-refractivity contribution in [3.05, 3.63) is 103 Å². The normalized spacial score (nSPS) is 25.4. The fraction of sp³-hybridized carbons (Fsp3) is 0.500. The number of hydrogen-bond donors (Lipinski definition) is 2. The molecule has 3 aromatic carbocycles. The van der Waals surface area contributed by atoms with Gasteiger partial charge in [0.15, 0.2) is 0 Å². The Morgan fingerprint density at radius 2 is 1.67 bits per heavy atom. The number of rotatable bonds is 20. The highest BCUT2D eigenvalue weighted by Crippen LogP contribution is 2.62. The summed E-state index contributed by atoms with van der Waals surface area (Å²) >= 11 is 0. The Bertz CT molecular complexity index is 1870. The summed E-state index contributed by atoms with van der Waals surface area (Å²) in [6.45, 7) is 9.61. The van der Waals surface area contributed by atoms with E-state index >= 15 is 0 Å². The molecule has 2 saturated carbocycles. The lowest BCUT2D eigenvalue weighted by molar-refractivity contribution is -0.257. The Morgan fingerprint density at radius 1 is 0.947 bits per heavy atom. The van der Waals surface area contributed by atoms with Crippen molar-refractivity contribution in [1.29, 1.82) is 0 Å². The molecule has 6 atom stereocenters. The maximum Gasteiger partial charge on any atom is 0.239 e. The van der Waals surface area contributed by atoms with Gasteiger partial charge in [0, 0.05) is 43.6 Å². The first kappa shape index (κ1) is 40.7. The van der Waals surface area contributed by atoms with Gasteiger partial charge in [0.2, 0.25) is 11.7 Å². The number of nitrogens with zero attached hydrogens (tertiary/aromatic N) is 2. The monoisotopic (exact) mass is 776 g/mol. The predicted molar refractivity (Wildman–Crippen MR) is 223 cm³/mol. The average Bonchev–Trinajstić information content (AvgIpc) is 4.09. The van der Waals surface area contributed by atoms with Crippen molar-refractivity contribution >= 4 is 11.6 Å². The van der Waals surface area contributed by atoms with Crippen molar-refractivity contribution in [2.24, 2.45) is 28.8 Å². The van der Waals surface area contributed by atoms with Crippen LogP contribution in [0.25, 0.3) is 11.1 Å². The molecule has 3 aliphatic carbocycles. The van der Waals surface area contributed by atoms with E-state index in [4.69, 9.17) is 24.2 Å². The number of fused-ring (bicyclic) bond motifs is 2. The minimum absolute atomic E-state index is 0.0128. The number of ether oxygens (including phenoxy) is 3. The summed E-state index contributed by atoms with van der Waals surface area (Å²) in [5.74, 6) is 0.964. The highest BCUT2D eigenvalue weighted by atomic mass is 16.7. The number of benzene rings is 3. The number of amides is 1. The van der Waals surface area contributed by atoms with E-state index in [1.165, 1.54) is 0 Å². The van der Waals surface area contributed by atoms with Gasteiger partial charge in [-0.15, -0.1) is 6.58 Å². The van der Waals surface area contributed by atoms with Gasteiger partial charge in [-0.05, 0) is 111 Å². The van der Waals surface area contributed by atoms with Gasteiger partial charge >= 0.3 is 0 Å². The molecule has 0 radical (unpaired) electrons. The van der Waals surface area contributed by atoms with Crippen molar-refractivity contribution in [3.63, 3.8) is 0 Å². The lowest BCUT2D eigenvalue weighted by atomic mass is 9.55. The molecule has 57 heavy (non-hydrogen) atoms. The SMILES string of the molecule is C=CCOC12Oc3ccc(Oc4ccc(-c5ccccc5)cc4)cc3C3C(CCCCO)C(CCCCO)C=C(C(=NOCC)CC1N(CCC)C(=O)C1CC1)C32. The van der Waals surface area contributed by atoms with Crippen LogP contribution in [-0.4, -0.2) is 71.5 Å². The Labute approximate surface area is 338 Å². The summed E-state index contributed by atoms with van der Waals surface area (Å²) in [7, 11) is 0. The van der Waals surface area contributed by atoms with Crippen LogP contribution in [0.1, 0.15) is 89.5 Å². The van der Waals surface area contributed by atoms with Gasteiger partial charge in [0.25, 0.3) is 0 Å². The summed E-state index contributed by atoms with van der Waals surface area (Å²) in [5.41, 5.74) is 5.18. The molecule has 0 spiro atoms. The Kier molecular flexibility index (Phi) is 13.5. The van der Waals surface area contributed by atoms with Gasteiger partial charge in [0.1, 0.15) is 29.9 Å². The zero-order chi connectivity index (χ0) is 39.8. The first-order valence-electron chi connectivity index (χ1n) is 21.3. The third-order valence-electron chi connectivity index (χ3n) is 12.2. The molecule has 0 bridgehead atoms. The Balaban J connectivity index is 1.38. The number of hydrogen-bond acceptors (Lipinski definition) is 8. The molecule has 7 rings (SSSR count). The molecule has 304 valence electrons. The molecule has 1 amide bonds. The van der Waals surface area contributed by atoms with Crippen LogP contribution in [0.3, 0.4) is 0 Å². The quantitative estimate of drug-likeness (QED) is 0.0669. The van der Waals surface area contributed by atoms with E-state index in [9.17, 15) is 15.0 Å². The second kappa shape index (κ2) is 18.9. The van der Waals surface area contributed by atoms with Crippen LogP contribution in [-0.2, 0) is 14.4 Å². The number of carbonyl (C=O) groups is 1. The van der Waals surface area contributed by atoms with E-state index in [2.05, 4.69) is 49.9 Å². The zero-order valence-electron chi connectivity index (χ0n) is 33.7. The summed E-state index contributed by atoms with van der Waals surface area (Å²) in [4.78, 5) is 22.2. The van der Waals surface area contributed by atoms with E-state index in [-0.39, 0.29) is 55.3 Å². The molecule has 0 aromatic heterocycles. The van der Waals surface area contributed by atoms with Crippen LogP contribution in [0, 0.1) is 23.7 Å². The predicted octanol–water partition coefficient (Wildman–Crippen LogP) is 9.45. The molecule has 2 N–H and O–H groups in total. The maximum absolute atomic E-state index is 14.3. The molecule has 4 aliphatic rings. The fourth-order valence-electron chi connectivity index (χ4n) is 9.56. The third kappa shape index (κ3) is 8.71. The lowest BCUT2D eigenvalue weighted by Gasteiger charge is -2.60. The second-order valence-corrected chi connectivity index (χ2v) is 16.0. The zero-order valence-corrected chi connectivity index (χ0v) is 33.7. The maximum atomic E-state index is 14.3. The highest BCUT2D eigenvalue weighted by molar-refractivity contribution is 6.03. The molecule has 1 heterocycles. The standard InChI is InChI=1S/C48H60N2O7/c1-4-26-50(47(53)35-18-19-35)44-32-42(49-55-6-3)40-30-36(16-10-12-27-51)39(17-11-13-28-52)45-41-31-38(24-25-43(41)57-48(44,46(40)45)54-29-5-2)56-37-22-20-34(21-23-37)33-14-8-7-9-15-33/h5,7-9,14-15,20-25,30-31,35-36,39,44-46,51-52H,2,4,6,10-13,16-19,26-29,32H2,1,3H3. The minimum Gasteiger partial charge on any atom is -0.459 e. The number of aliphatic hydroxyl groups excluding tert-OH is 2. The van der Waals surface area contributed by atoms with Gasteiger partial charge in [-0.3, -0.25) is 4.79 Å². The number of unbranched alkanes of at least 4 members (excludes halogenated alkanes) is 2. The van der Waals surface area contributed by atoms with Gasteiger partial charge < -0.3 is 34.2 Å². The smallest absolute Gasteiger partial charge is 0.239 e. The van der Waals surface area contributed by atoms with Crippen LogP contribution in [0.2, 0.25) is 0 Å². The molecular weight excluding hydrogens is 717 g/mol. The van der Waals surface area contributed by atoms with Gasteiger partial charge in [-0.2, -0.15) is 0 Å². The minimum atomic E-state index is -1.23. The molecular formula is C48H60N2O7. The molecule has 0 saturated heterocycles. The van der Waals surface area contributed by atoms with Crippen LogP contribution < -0.4 is 9.47 Å². The summed E-state index contributed by atoms with van der Waals surface area (Å²) < 4.78 is 21.0. The molecule has 9 nitrogen and oxygen atoms in total. The van der Waals surface area contributed by atoms with E-state index in [0.29, 0.717) is 31.7 Å². The molecule has 1 aliphatic heterocycles. The van der Waals surface area contributed by atoms with Crippen LogP contribution in [0.15, 0.2) is 102 Å². The second-order valence-electron chi connectivity index (χ2n) is 16.0. The van der Waals surface area contributed by atoms with Gasteiger partial charge in [0.05, 0.1) is 18.2 Å². The van der Waals surface area contributed by atoms with Crippen molar-refractivity contribution in [2.45, 2.75) is 95.8 Å². The lowest BCUT2D eigenvalue weighted by Crippen LogP contribution is -2.70. The Morgan fingerprint density at radius 3 is 2.35 bits per heavy atom. The highest BCUT2D eigenvalue weighted by Gasteiger charge is 2.65. The third-order valence-corrected chi connectivity index (χ3v) is 12.2. The first-order chi connectivity index (χ1) is 28.0. The van der Waals surface area contributed by atoms with Gasteiger partial charge in [-0.25, -0.2) is 0 Å². The van der Waals surface area contributed by atoms with E-state index in [0.717, 1.165) is 90.8 Å². The van der Waals surface area contributed by atoms with E-state index in [1.54, 1.807) is 6.08 Å². The van der Waals surface area contributed by atoms with Crippen LogP contribution >= 0.6 is 0 Å². The van der Waals surface area contributed by atoms with Gasteiger partial charge in [-0.1, -0.05) is 79.5 Å². The molecule has 9 heteroatoms. The summed E-state index contributed by atoms with van der Waals surface area (Å²) in [5, 5.41) is 24.6. The first-order valence-corrected chi connectivity index (χ1v) is 21.3. The number of aliphatic hydroxyl groups is 2. The molecule has 6 unspecified atom stereocenters. The van der Waals surface area contributed by atoms with Crippen LogP contribution in [0.5, 0.6) is 17.2 Å². The fourth-order valence-corrected chi connectivity index (χ4v) is 9.56. The number of oxime groups is 1. The summed E-state index contributed by atoms with van der Waals surface area (Å²) in [6, 6.07) is 24.1. The number of allylic oxidation sites excluding steroid dienone is 1. The van der Waals surface area contributed by atoms with Crippen molar-refractivity contribution in [1.82, 2.24) is 4.90 Å². The van der Waals surface area contributed by atoms with Crippen molar-refractivity contribution in [3.8, 4) is 28.4 Å². The largest absolute Gasteiger partial charge is 0.459 e. The van der Waals surface area contributed by atoms with Crippen LogP contribution in [0.4, 0.5) is 0 Å². The van der Waals surface area contributed by atoms with Crippen molar-refractivity contribution < 1.29 is 34.1 Å². The Hall–Kier alpha value is -4.44. The average molecular weight is 777 g/mol. The van der Waals surface area contributed by atoms with E-state index in [1.807, 2.05) is 54.3 Å².